The largest absolute Gasteiger partial charge is 0.480 e. The van der Waals surface area contributed by atoms with Crippen LogP contribution in [0.5, 0.6) is 0 Å². The molecule has 0 aliphatic rings. The number of thioether (sulfide) groups is 2. The molecular weight excluding hydrogens is 270 g/mol. The number of nitrogens with two attached hydrogens (primary N) is 1. The van der Waals surface area contributed by atoms with E-state index in [1.807, 2.05) is 12.3 Å². The lowest BCUT2D eigenvalue weighted by atomic mass is 10.1. The summed E-state index contributed by atoms with van der Waals surface area (Å²) in [4.78, 5) is 22.7. The van der Waals surface area contributed by atoms with E-state index < -0.39 is 12.0 Å². The van der Waals surface area contributed by atoms with Crippen LogP contribution in [0.15, 0.2) is 30.3 Å². The number of benzene rings is 1. The van der Waals surface area contributed by atoms with Crippen molar-refractivity contribution in [3.8, 4) is 0 Å². The smallest absolute Gasteiger partial charge is 0.321 e. The molecule has 0 spiro atoms. The van der Waals surface area contributed by atoms with Crippen molar-refractivity contribution in [1.29, 1.82) is 0 Å². The molecule has 0 aromatic heterocycles. The van der Waals surface area contributed by atoms with Crippen molar-refractivity contribution in [1.82, 2.24) is 0 Å². The number of hydrogen-bond donors (Lipinski definition) is 2. The Morgan fingerprint density at radius 2 is 1.94 bits per heavy atom. The molecule has 2 atom stereocenters. The SMILES string of the molecule is CSC(SC[C@H](N)C(=O)O)C(=O)c1ccccc1. The maximum Gasteiger partial charge on any atom is 0.321 e. The molecule has 98 valence electrons. The third-order valence-corrected chi connectivity index (χ3v) is 4.93. The van der Waals surface area contributed by atoms with Crippen molar-refractivity contribution in [2.75, 3.05) is 12.0 Å². The maximum atomic E-state index is 12.1. The fraction of sp³-hybridized carbons (Fsp3) is 0.333. The quantitative estimate of drug-likeness (QED) is 0.586. The lowest BCUT2D eigenvalue weighted by molar-refractivity contribution is -0.137. The fourth-order valence-corrected chi connectivity index (χ4v) is 3.19. The lowest BCUT2D eigenvalue weighted by Gasteiger charge is -2.14. The van der Waals surface area contributed by atoms with Gasteiger partial charge in [0, 0.05) is 11.3 Å². The van der Waals surface area contributed by atoms with Crippen molar-refractivity contribution < 1.29 is 14.7 Å². The Hall–Kier alpha value is -0.980. The van der Waals surface area contributed by atoms with Crippen LogP contribution in [0.3, 0.4) is 0 Å². The average Bonchev–Trinajstić information content (AvgIpc) is 2.39. The van der Waals surface area contributed by atoms with Gasteiger partial charge in [-0.3, -0.25) is 9.59 Å². The molecule has 0 fully saturated rings. The Balaban J connectivity index is 2.61. The molecule has 0 bridgehead atoms. The van der Waals surface area contributed by atoms with Gasteiger partial charge < -0.3 is 10.8 Å². The molecule has 1 rings (SSSR count). The second-order valence-corrected chi connectivity index (χ2v) is 5.96. The molecule has 18 heavy (non-hydrogen) atoms. The first kappa shape index (κ1) is 15.1. The second kappa shape index (κ2) is 7.45. The minimum absolute atomic E-state index is 0.00862. The molecule has 0 amide bonds. The Labute approximate surface area is 114 Å². The average molecular weight is 285 g/mol. The van der Waals surface area contributed by atoms with E-state index in [2.05, 4.69) is 0 Å². The first-order chi connectivity index (χ1) is 8.56. The van der Waals surface area contributed by atoms with Crippen molar-refractivity contribution in [3.63, 3.8) is 0 Å². The van der Waals surface area contributed by atoms with E-state index in [0.29, 0.717) is 5.56 Å². The molecule has 0 aliphatic carbocycles. The van der Waals surface area contributed by atoms with E-state index in [-0.39, 0.29) is 16.1 Å². The zero-order valence-electron chi connectivity index (χ0n) is 9.91. The van der Waals surface area contributed by atoms with Crippen LogP contribution in [0.25, 0.3) is 0 Å². The molecule has 0 heterocycles. The summed E-state index contributed by atoms with van der Waals surface area (Å²) in [5.41, 5.74) is 6.05. The molecule has 0 saturated carbocycles. The highest BCUT2D eigenvalue weighted by atomic mass is 32.2. The number of rotatable bonds is 7. The first-order valence-corrected chi connectivity index (χ1v) is 7.62. The van der Waals surface area contributed by atoms with E-state index in [0.717, 1.165) is 0 Å². The number of hydrogen-bond acceptors (Lipinski definition) is 5. The van der Waals surface area contributed by atoms with Gasteiger partial charge in [-0.2, -0.15) is 0 Å². The summed E-state index contributed by atoms with van der Waals surface area (Å²) in [7, 11) is 0. The zero-order valence-corrected chi connectivity index (χ0v) is 11.5. The normalized spacial score (nSPS) is 13.9. The van der Waals surface area contributed by atoms with Gasteiger partial charge in [0.05, 0.1) is 0 Å². The van der Waals surface area contributed by atoms with Crippen LogP contribution in [-0.2, 0) is 4.79 Å². The molecule has 1 aromatic carbocycles. The maximum absolute atomic E-state index is 12.1. The summed E-state index contributed by atoms with van der Waals surface area (Å²) >= 11 is 2.66. The van der Waals surface area contributed by atoms with E-state index in [9.17, 15) is 9.59 Å². The van der Waals surface area contributed by atoms with E-state index >= 15 is 0 Å². The van der Waals surface area contributed by atoms with Gasteiger partial charge in [-0.15, -0.1) is 23.5 Å². The molecule has 1 aromatic rings. The van der Waals surface area contributed by atoms with E-state index in [1.54, 1.807) is 24.3 Å². The highest BCUT2D eigenvalue weighted by Crippen LogP contribution is 2.25. The molecule has 0 saturated heterocycles. The topological polar surface area (TPSA) is 80.4 Å². The van der Waals surface area contributed by atoms with Gasteiger partial charge in [-0.05, 0) is 6.26 Å². The number of Topliss-reactive ketones (excluding diaryl/α,β-unsaturated/α-hetero) is 1. The molecule has 1 unspecified atom stereocenters. The summed E-state index contributed by atoms with van der Waals surface area (Å²) in [6.07, 6.45) is 1.82. The third-order valence-electron chi connectivity index (χ3n) is 2.23. The van der Waals surface area contributed by atoms with Crippen LogP contribution in [0.2, 0.25) is 0 Å². The first-order valence-electron chi connectivity index (χ1n) is 5.28. The Bertz CT molecular complexity index is 411. The summed E-state index contributed by atoms with van der Waals surface area (Å²) < 4.78 is -0.321. The zero-order chi connectivity index (χ0) is 13.5. The predicted octanol–water partition coefficient (Wildman–Crippen LogP) is 1.70. The van der Waals surface area contributed by atoms with Crippen LogP contribution in [-0.4, -0.2) is 39.5 Å². The molecule has 0 aliphatic heterocycles. The number of aliphatic carboxylic acids is 1. The van der Waals surface area contributed by atoms with Gasteiger partial charge >= 0.3 is 5.97 Å². The highest BCUT2D eigenvalue weighted by molar-refractivity contribution is 8.17. The van der Waals surface area contributed by atoms with Crippen molar-refractivity contribution in [2.45, 2.75) is 10.6 Å². The lowest BCUT2D eigenvalue weighted by Crippen LogP contribution is -2.33. The Morgan fingerprint density at radius 1 is 1.33 bits per heavy atom. The fourth-order valence-electron chi connectivity index (χ4n) is 1.25. The van der Waals surface area contributed by atoms with Gasteiger partial charge in [-0.1, -0.05) is 30.3 Å². The number of carboxylic acid groups (broad SMARTS) is 1. The number of ketones is 1. The highest BCUT2D eigenvalue weighted by Gasteiger charge is 2.22. The monoisotopic (exact) mass is 285 g/mol. The van der Waals surface area contributed by atoms with Gasteiger partial charge in [0.1, 0.15) is 10.6 Å². The van der Waals surface area contributed by atoms with Crippen molar-refractivity contribution >= 4 is 35.3 Å². The summed E-state index contributed by atoms with van der Waals surface area (Å²) in [6.45, 7) is 0. The van der Waals surface area contributed by atoms with Gasteiger partial charge in [0.15, 0.2) is 5.78 Å². The second-order valence-electron chi connectivity index (χ2n) is 3.58. The standard InChI is InChI=1S/C12H15NO3S2/c1-17-12(18-7-9(13)11(15)16)10(14)8-5-3-2-4-6-8/h2-6,9,12H,7,13H2,1H3,(H,15,16)/t9-,12?/m0/s1. The summed E-state index contributed by atoms with van der Waals surface area (Å²) in [5.74, 6) is -0.834. The summed E-state index contributed by atoms with van der Waals surface area (Å²) in [6, 6.07) is 8.02. The van der Waals surface area contributed by atoms with E-state index in [1.165, 1.54) is 23.5 Å². The van der Waals surface area contributed by atoms with Crippen molar-refractivity contribution in [3.05, 3.63) is 35.9 Å². The molecule has 0 radical (unpaired) electrons. The van der Waals surface area contributed by atoms with Gasteiger partial charge in [0.2, 0.25) is 0 Å². The molecule has 3 N–H and O–H groups in total. The summed E-state index contributed by atoms with van der Waals surface area (Å²) in [5, 5.41) is 8.69. The van der Waals surface area contributed by atoms with Crippen LogP contribution in [0.1, 0.15) is 10.4 Å². The number of carboxylic acids is 1. The molecule has 4 nitrogen and oxygen atoms in total. The van der Waals surface area contributed by atoms with Gasteiger partial charge in [0.25, 0.3) is 0 Å². The molecular formula is C12H15NO3S2. The van der Waals surface area contributed by atoms with Crippen LogP contribution in [0.4, 0.5) is 0 Å². The minimum atomic E-state index is -1.05. The van der Waals surface area contributed by atoms with Crippen LogP contribution in [0, 0.1) is 0 Å². The van der Waals surface area contributed by atoms with Crippen molar-refractivity contribution in [2.24, 2.45) is 5.73 Å². The molecule has 6 heteroatoms. The predicted molar refractivity (Wildman–Crippen MR) is 76.1 cm³/mol. The van der Waals surface area contributed by atoms with Crippen LogP contribution >= 0.6 is 23.5 Å². The number of carbonyl (C=O) groups is 2. The third kappa shape index (κ3) is 4.36. The van der Waals surface area contributed by atoms with E-state index in [4.69, 9.17) is 10.8 Å². The van der Waals surface area contributed by atoms with Gasteiger partial charge in [-0.25, -0.2) is 0 Å². The minimum Gasteiger partial charge on any atom is -0.480 e. The Morgan fingerprint density at radius 3 is 2.44 bits per heavy atom. The van der Waals surface area contributed by atoms with Crippen LogP contribution < -0.4 is 5.73 Å². The Kier molecular flexibility index (Phi) is 6.24. The number of carbonyl (C=O) groups excluding carboxylic acids is 1.